The molecular weight excluding hydrogens is 396 g/mol. The summed E-state index contributed by atoms with van der Waals surface area (Å²) in [5, 5.41) is 2.95. The molecule has 3 rings (SSSR count). The minimum atomic E-state index is -0.141. The molecule has 0 saturated carbocycles. The molecule has 5 nitrogen and oxygen atoms in total. The summed E-state index contributed by atoms with van der Waals surface area (Å²) in [6, 6.07) is 15.4. The van der Waals surface area contributed by atoms with Crippen LogP contribution < -0.4 is 10.2 Å². The first-order chi connectivity index (χ1) is 12.5. The number of hydrogen-bond donors (Lipinski definition) is 2. The van der Waals surface area contributed by atoms with Gasteiger partial charge in [-0.2, -0.15) is 0 Å². The minimum Gasteiger partial charge on any atom is -0.467 e. The van der Waals surface area contributed by atoms with E-state index in [1.54, 1.807) is 6.26 Å². The number of nitrogens with one attached hydrogen (secondary N) is 2. The normalized spacial score (nSPS) is 13.3. The third kappa shape index (κ3) is 4.86. The van der Waals surface area contributed by atoms with Crippen LogP contribution in [-0.4, -0.2) is 19.5 Å². The van der Waals surface area contributed by atoms with Crippen LogP contribution in [-0.2, 0) is 11.3 Å². The van der Waals surface area contributed by atoms with Gasteiger partial charge in [0.05, 0.1) is 19.4 Å². The van der Waals surface area contributed by atoms with Crippen LogP contribution in [0.5, 0.6) is 0 Å². The molecule has 2 heterocycles. The Hall–Kier alpha value is -2.31. The van der Waals surface area contributed by atoms with Crippen molar-refractivity contribution >= 4 is 21.8 Å². The average Bonchev–Trinajstić information content (AvgIpc) is 3.27. The first-order valence-corrected chi connectivity index (χ1v) is 9.29. The number of benzene rings is 1. The second-order valence-corrected chi connectivity index (χ2v) is 7.30. The van der Waals surface area contributed by atoms with Crippen LogP contribution in [0.3, 0.4) is 0 Å². The molecule has 1 unspecified atom stereocenters. The van der Waals surface area contributed by atoms with Gasteiger partial charge in [-0.15, -0.1) is 0 Å². The summed E-state index contributed by atoms with van der Waals surface area (Å²) in [5.41, 5.74) is 1.03. The van der Waals surface area contributed by atoms with E-state index in [2.05, 4.69) is 21.2 Å². The largest absolute Gasteiger partial charge is 0.467 e. The molecule has 2 atom stereocenters. The van der Waals surface area contributed by atoms with E-state index in [1.165, 1.54) is 0 Å². The number of carbonyl (C=O) groups excluding carboxylic acids is 1. The fraction of sp³-hybridized carbons (Fsp3) is 0.250. The van der Waals surface area contributed by atoms with E-state index in [1.807, 2.05) is 62.5 Å². The highest BCUT2D eigenvalue weighted by Crippen LogP contribution is 2.23. The van der Waals surface area contributed by atoms with Gasteiger partial charge >= 0.3 is 0 Å². The maximum absolute atomic E-state index is 12.2. The van der Waals surface area contributed by atoms with E-state index in [0.29, 0.717) is 13.1 Å². The molecule has 2 N–H and O–H groups in total. The Morgan fingerprint density at radius 1 is 1.19 bits per heavy atom. The maximum Gasteiger partial charge on any atom is 0.275 e. The van der Waals surface area contributed by atoms with Crippen molar-refractivity contribution in [1.82, 2.24) is 5.32 Å². The Kier molecular flexibility index (Phi) is 5.96. The molecule has 136 valence electrons. The molecule has 3 aromatic rings. The van der Waals surface area contributed by atoms with Gasteiger partial charge in [0.1, 0.15) is 18.1 Å². The number of halogens is 1. The highest BCUT2D eigenvalue weighted by molar-refractivity contribution is 9.10. The summed E-state index contributed by atoms with van der Waals surface area (Å²) in [6.07, 6.45) is 1.61. The molecule has 1 aromatic carbocycles. The maximum atomic E-state index is 12.2. The van der Waals surface area contributed by atoms with Crippen molar-refractivity contribution in [2.24, 2.45) is 0 Å². The number of carbonyl (C=O) groups is 1. The molecule has 6 heteroatoms. The quantitative estimate of drug-likeness (QED) is 0.620. The Morgan fingerprint density at radius 3 is 2.65 bits per heavy atom. The second-order valence-electron chi connectivity index (χ2n) is 6.39. The fourth-order valence-electron chi connectivity index (χ4n) is 2.78. The molecule has 0 radical (unpaired) electrons. The molecule has 0 saturated heterocycles. The van der Waals surface area contributed by atoms with E-state index in [4.69, 9.17) is 8.83 Å². The highest BCUT2D eigenvalue weighted by Gasteiger charge is 2.17. The number of furan rings is 2. The van der Waals surface area contributed by atoms with Crippen LogP contribution >= 0.6 is 15.9 Å². The minimum absolute atomic E-state index is 0.0221. The van der Waals surface area contributed by atoms with Crippen molar-refractivity contribution in [3.8, 4) is 11.3 Å². The predicted molar refractivity (Wildman–Crippen MR) is 103 cm³/mol. The van der Waals surface area contributed by atoms with Crippen LogP contribution in [0.25, 0.3) is 11.3 Å². The zero-order valence-corrected chi connectivity index (χ0v) is 16.4. The summed E-state index contributed by atoms with van der Waals surface area (Å²) in [6.45, 7) is 2.90. The monoisotopic (exact) mass is 417 g/mol. The molecule has 26 heavy (non-hydrogen) atoms. The summed E-state index contributed by atoms with van der Waals surface area (Å²) in [5.74, 6) is 2.41. The first kappa shape index (κ1) is 18.5. The van der Waals surface area contributed by atoms with Crippen LogP contribution in [0, 0.1) is 0 Å². The van der Waals surface area contributed by atoms with Crippen LogP contribution in [0.4, 0.5) is 0 Å². The van der Waals surface area contributed by atoms with Crippen LogP contribution in [0.1, 0.15) is 24.5 Å². The van der Waals surface area contributed by atoms with Gasteiger partial charge < -0.3 is 19.1 Å². The Balaban J connectivity index is 1.52. The zero-order valence-electron chi connectivity index (χ0n) is 14.8. The first-order valence-electron chi connectivity index (χ1n) is 8.50. The molecule has 1 amide bonds. The van der Waals surface area contributed by atoms with Crippen molar-refractivity contribution in [3.05, 3.63) is 70.8 Å². The SMILES string of the molecule is C[C@@H](NC(=O)C[NH+](C)Cc1ccc(-c2ccc(Br)cc2)o1)c1ccco1. The molecular formula is C20H22BrN2O3+. The number of hydrogen-bond acceptors (Lipinski definition) is 3. The highest BCUT2D eigenvalue weighted by atomic mass is 79.9. The lowest BCUT2D eigenvalue weighted by Gasteiger charge is -2.15. The summed E-state index contributed by atoms with van der Waals surface area (Å²) >= 11 is 3.43. The van der Waals surface area contributed by atoms with Gasteiger partial charge in [0.15, 0.2) is 12.3 Å². The van der Waals surface area contributed by atoms with Gasteiger partial charge in [-0.25, -0.2) is 0 Å². The van der Waals surface area contributed by atoms with E-state index >= 15 is 0 Å². The molecule has 0 fully saturated rings. The van der Waals surface area contributed by atoms with Gasteiger partial charge in [-0.1, -0.05) is 28.1 Å². The van der Waals surface area contributed by atoms with Crippen molar-refractivity contribution in [2.75, 3.05) is 13.6 Å². The Labute approximate surface area is 161 Å². The third-order valence-electron chi connectivity index (χ3n) is 4.08. The van der Waals surface area contributed by atoms with Crippen LogP contribution in [0.15, 0.2) is 68.1 Å². The van der Waals surface area contributed by atoms with Crippen molar-refractivity contribution in [1.29, 1.82) is 0 Å². The van der Waals surface area contributed by atoms with E-state index in [0.717, 1.165) is 32.2 Å². The second kappa shape index (κ2) is 8.38. The molecule has 0 aliphatic carbocycles. The van der Waals surface area contributed by atoms with Gasteiger partial charge in [-0.3, -0.25) is 4.79 Å². The molecule has 0 spiro atoms. The van der Waals surface area contributed by atoms with Gasteiger partial charge in [0.2, 0.25) is 0 Å². The molecule has 0 aliphatic rings. The average molecular weight is 418 g/mol. The Bertz CT molecular complexity index is 840. The fourth-order valence-corrected chi connectivity index (χ4v) is 3.04. The van der Waals surface area contributed by atoms with Crippen molar-refractivity contribution in [2.45, 2.75) is 19.5 Å². The summed E-state index contributed by atoms with van der Waals surface area (Å²) in [7, 11) is 1.97. The Morgan fingerprint density at radius 2 is 1.96 bits per heavy atom. The summed E-state index contributed by atoms with van der Waals surface area (Å²) in [4.78, 5) is 13.2. The van der Waals surface area contributed by atoms with E-state index in [-0.39, 0.29) is 11.9 Å². The topological polar surface area (TPSA) is 59.8 Å². The smallest absolute Gasteiger partial charge is 0.275 e. The van der Waals surface area contributed by atoms with Gasteiger partial charge in [0, 0.05) is 10.0 Å². The van der Waals surface area contributed by atoms with Gasteiger partial charge in [0.25, 0.3) is 5.91 Å². The lowest BCUT2D eigenvalue weighted by molar-refractivity contribution is -0.886. The van der Waals surface area contributed by atoms with Crippen LogP contribution in [0.2, 0.25) is 0 Å². The van der Waals surface area contributed by atoms with Gasteiger partial charge in [-0.05, 0) is 43.3 Å². The van der Waals surface area contributed by atoms with Crippen molar-refractivity contribution in [3.63, 3.8) is 0 Å². The molecule has 0 aliphatic heterocycles. The molecule has 2 aromatic heterocycles. The number of amides is 1. The van der Waals surface area contributed by atoms with E-state index in [9.17, 15) is 4.79 Å². The lowest BCUT2D eigenvalue weighted by atomic mass is 10.2. The van der Waals surface area contributed by atoms with Crippen molar-refractivity contribution < 1.29 is 18.5 Å². The summed E-state index contributed by atoms with van der Waals surface area (Å²) < 4.78 is 12.3. The predicted octanol–water partition coefficient (Wildman–Crippen LogP) is 3.19. The standard InChI is InChI=1S/C20H21BrN2O3/c1-14(18-4-3-11-25-18)22-20(24)13-23(2)12-17-9-10-19(26-17)15-5-7-16(21)8-6-15/h3-11,14H,12-13H2,1-2H3,(H,22,24)/p+1/t14-/m1/s1. The van der Waals surface area contributed by atoms with E-state index < -0.39 is 0 Å². The lowest BCUT2D eigenvalue weighted by Crippen LogP contribution is -3.08. The number of likely N-dealkylation sites (N-methyl/N-ethyl adjacent to an activating group) is 1. The third-order valence-corrected chi connectivity index (χ3v) is 4.60. The zero-order chi connectivity index (χ0) is 18.5. The number of quaternary nitrogens is 1. The number of rotatable bonds is 7. The molecule has 0 bridgehead atoms.